The summed E-state index contributed by atoms with van der Waals surface area (Å²) in [7, 11) is 8.27. The van der Waals surface area contributed by atoms with E-state index in [1.165, 1.54) is 4.90 Å². The summed E-state index contributed by atoms with van der Waals surface area (Å²) in [6.45, 7) is 1.11. The number of rotatable bonds is 9. The molecule has 0 aliphatic heterocycles. The first kappa shape index (κ1) is 26.3. The number of methoxy groups -OCH3 is 3. The van der Waals surface area contributed by atoms with Crippen LogP contribution in [0.15, 0.2) is 47.5 Å². The van der Waals surface area contributed by atoms with Crippen molar-refractivity contribution in [1.82, 2.24) is 15.5 Å². The van der Waals surface area contributed by atoms with Gasteiger partial charge in [-0.25, -0.2) is 4.99 Å². The average Bonchev–Trinajstić information content (AvgIpc) is 2.78. The van der Waals surface area contributed by atoms with Gasteiger partial charge in [-0.2, -0.15) is 0 Å². The van der Waals surface area contributed by atoms with Gasteiger partial charge in [0, 0.05) is 20.6 Å². The fourth-order valence-electron chi connectivity index (χ4n) is 2.57. The number of likely N-dealkylation sites (N-methyl/N-ethyl adjacent to an activating group) is 1. The molecule has 0 aromatic heterocycles. The topological polar surface area (TPSA) is 84.4 Å². The van der Waals surface area contributed by atoms with E-state index >= 15 is 0 Å². The van der Waals surface area contributed by atoms with Crippen LogP contribution in [0.4, 0.5) is 0 Å². The molecule has 0 bridgehead atoms. The lowest BCUT2D eigenvalue weighted by Crippen LogP contribution is -2.42. The summed E-state index contributed by atoms with van der Waals surface area (Å²) >= 11 is 0. The van der Waals surface area contributed by atoms with Gasteiger partial charge in [0.15, 0.2) is 17.5 Å². The molecule has 170 valence electrons. The molecule has 0 heterocycles. The van der Waals surface area contributed by atoms with Crippen LogP contribution < -0.4 is 24.8 Å². The van der Waals surface area contributed by atoms with E-state index in [4.69, 9.17) is 14.2 Å². The van der Waals surface area contributed by atoms with Crippen molar-refractivity contribution >= 4 is 35.8 Å². The molecule has 0 radical (unpaired) electrons. The molecule has 0 saturated carbocycles. The van der Waals surface area contributed by atoms with Gasteiger partial charge in [0.1, 0.15) is 5.75 Å². The zero-order chi connectivity index (χ0) is 21.9. The number of nitrogens with zero attached hydrogens (tertiary/aromatic N) is 2. The van der Waals surface area contributed by atoms with Gasteiger partial charge in [-0.1, -0.05) is 18.2 Å². The second-order valence-electron chi connectivity index (χ2n) is 6.70. The summed E-state index contributed by atoms with van der Waals surface area (Å²) in [5.41, 5.74) is 2.02. The van der Waals surface area contributed by atoms with E-state index in [1.54, 1.807) is 35.4 Å². The van der Waals surface area contributed by atoms with Crippen LogP contribution in [0.3, 0.4) is 0 Å². The van der Waals surface area contributed by atoms with Crippen molar-refractivity contribution in [3.8, 4) is 17.2 Å². The minimum absolute atomic E-state index is 0. The molecule has 2 rings (SSSR count). The van der Waals surface area contributed by atoms with Gasteiger partial charge in [-0.05, 0) is 35.4 Å². The number of amides is 1. The molecule has 2 aromatic carbocycles. The predicted molar refractivity (Wildman–Crippen MR) is 133 cm³/mol. The van der Waals surface area contributed by atoms with E-state index in [1.807, 2.05) is 42.5 Å². The van der Waals surface area contributed by atoms with Crippen molar-refractivity contribution in [1.29, 1.82) is 0 Å². The molecule has 0 atom stereocenters. The molecule has 1 amide bonds. The molecule has 31 heavy (non-hydrogen) atoms. The number of ether oxygens (including phenoxy) is 3. The second-order valence-corrected chi connectivity index (χ2v) is 6.70. The average molecular weight is 542 g/mol. The third-order valence-electron chi connectivity index (χ3n) is 4.39. The van der Waals surface area contributed by atoms with E-state index in [9.17, 15) is 4.79 Å². The zero-order valence-electron chi connectivity index (χ0n) is 18.6. The molecule has 2 aromatic rings. The lowest BCUT2D eigenvalue weighted by Gasteiger charge is -2.15. The Morgan fingerprint density at radius 1 is 0.903 bits per heavy atom. The molecule has 9 heteroatoms. The summed E-state index contributed by atoms with van der Waals surface area (Å²) in [5, 5.41) is 6.34. The molecule has 0 unspecified atom stereocenters. The van der Waals surface area contributed by atoms with E-state index < -0.39 is 0 Å². The van der Waals surface area contributed by atoms with Crippen LogP contribution in [0.2, 0.25) is 0 Å². The Bertz CT molecular complexity index is 857. The first-order chi connectivity index (χ1) is 14.5. The highest BCUT2D eigenvalue weighted by atomic mass is 127. The monoisotopic (exact) mass is 542 g/mol. The van der Waals surface area contributed by atoms with Gasteiger partial charge >= 0.3 is 0 Å². The molecular formula is C22H31IN4O4. The molecule has 0 spiro atoms. The number of aliphatic imine (C=N–C) groups is 1. The Morgan fingerprint density at radius 3 is 2.13 bits per heavy atom. The Balaban J connectivity index is 0.00000480. The normalized spacial score (nSPS) is 10.5. The standard InChI is InChI=1S/C22H30N4O4.HI/c1-26(2)21(27)15-25-22(23-13-16-6-9-18(28-3)10-7-16)24-14-17-8-11-19(29-4)20(12-17)30-5;/h6-12H,13-15H2,1-5H3,(H2,23,24,25);1H. The molecule has 0 fully saturated rings. The summed E-state index contributed by atoms with van der Waals surface area (Å²) in [6, 6.07) is 13.4. The number of carbonyl (C=O) groups is 1. The SMILES string of the molecule is COc1ccc(CNC(=NCc2ccc(OC)c(OC)c2)NCC(=O)N(C)C)cc1.I. The largest absolute Gasteiger partial charge is 0.497 e. The highest BCUT2D eigenvalue weighted by Gasteiger charge is 2.08. The number of benzene rings is 2. The van der Waals surface area contributed by atoms with Gasteiger partial charge in [0.05, 0.1) is 34.4 Å². The van der Waals surface area contributed by atoms with Crippen LogP contribution >= 0.6 is 24.0 Å². The maximum absolute atomic E-state index is 12.0. The molecule has 0 saturated heterocycles. The maximum atomic E-state index is 12.0. The lowest BCUT2D eigenvalue weighted by molar-refractivity contribution is -0.127. The van der Waals surface area contributed by atoms with Gasteiger partial charge < -0.3 is 29.7 Å². The van der Waals surface area contributed by atoms with E-state index in [0.717, 1.165) is 16.9 Å². The first-order valence-electron chi connectivity index (χ1n) is 9.53. The molecule has 0 aliphatic carbocycles. The molecular weight excluding hydrogens is 511 g/mol. The number of carbonyl (C=O) groups excluding carboxylic acids is 1. The van der Waals surface area contributed by atoms with E-state index in [0.29, 0.717) is 30.5 Å². The summed E-state index contributed by atoms with van der Waals surface area (Å²) in [6.07, 6.45) is 0. The van der Waals surface area contributed by atoms with Crippen molar-refractivity contribution in [3.05, 3.63) is 53.6 Å². The third-order valence-corrected chi connectivity index (χ3v) is 4.39. The van der Waals surface area contributed by atoms with Crippen LogP contribution in [-0.2, 0) is 17.9 Å². The Morgan fingerprint density at radius 2 is 1.55 bits per heavy atom. The number of halogens is 1. The number of nitrogens with one attached hydrogen (secondary N) is 2. The third kappa shape index (κ3) is 8.52. The number of guanidine groups is 1. The zero-order valence-corrected chi connectivity index (χ0v) is 20.9. The van der Waals surface area contributed by atoms with Crippen LogP contribution in [0, 0.1) is 0 Å². The Kier molecular flexibility index (Phi) is 11.5. The highest BCUT2D eigenvalue weighted by Crippen LogP contribution is 2.27. The van der Waals surface area contributed by atoms with Crippen molar-refractivity contribution < 1.29 is 19.0 Å². The van der Waals surface area contributed by atoms with Crippen molar-refractivity contribution in [2.45, 2.75) is 13.1 Å². The number of hydrogen-bond acceptors (Lipinski definition) is 5. The fraction of sp³-hybridized carbons (Fsp3) is 0.364. The smallest absolute Gasteiger partial charge is 0.241 e. The van der Waals surface area contributed by atoms with Crippen LogP contribution in [0.1, 0.15) is 11.1 Å². The Hall–Kier alpha value is -2.69. The van der Waals surface area contributed by atoms with Crippen LogP contribution in [0.5, 0.6) is 17.2 Å². The van der Waals surface area contributed by atoms with Crippen molar-refractivity contribution in [2.24, 2.45) is 4.99 Å². The summed E-state index contributed by atoms with van der Waals surface area (Å²) in [5.74, 6) is 2.61. The van der Waals surface area contributed by atoms with Gasteiger partial charge in [0.25, 0.3) is 0 Å². The van der Waals surface area contributed by atoms with Crippen molar-refractivity contribution in [2.75, 3.05) is 42.0 Å². The maximum Gasteiger partial charge on any atom is 0.241 e. The van der Waals surface area contributed by atoms with Gasteiger partial charge in [-0.3, -0.25) is 4.79 Å². The van der Waals surface area contributed by atoms with Gasteiger partial charge in [-0.15, -0.1) is 24.0 Å². The lowest BCUT2D eigenvalue weighted by atomic mass is 10.2. The minimum Gasteiger partial charge on any atom is -0.497 e. The summed E-state index contributed by atoms with van der Waals surface area (Å²) in [4.78, 5) is 18.1. The number of hydrogen-bond donors (Lipinski definition) is 2. The first-order valence-corrected chi connectivity index (χ1v) is 9.53. The van der Waals surface area contributed by atoms with Gasteiger partial charge in [0.2, 0.25) is 5.91 Å². The quantitative estimate of drug-likeness (QED) is 0.288. The highest BCUT2D eigenvalue weighted by molar-refractivity contribution is 14.0. The minimum atomic E-state index is -0.0416. The van der Waals surface area contributed by atoms with E-state index in [-0.39, 0.29) is 36.4 Å². The summed E-state index contributed by atoms with van der Waals surface area (Å²) < 4.78 is 15.8. The van der Waals surface area contributed by atoms with Crippen LogP contribution in [0.25, 0.3) is 0 Å². The molecule has 8 nitrogen and oxygen atoms in total. The van der Waals surface area contributed by atoms with Crippen molar-refractivity contribution in [3.63, 3.8) is 0 Å². The second kappa shape index (κ2) is 13.6. The fourth-order valence-corrected chi connectivity index (χ4v) is 2.57. The predicted octanol–water partition coefficient (Wildman–Crippen LogP) is 2.65. The molecule has 0 aliphatic rings. The molecule has 2 N–H and O–H groups in total. The van der Waals surface area contributed by atoms with Crippen LogP contribution in [-0.4, -0.2) is 58.7 Å². The van der Waals surface area contributed by atoms with E-state index in [2.05, 4.69) is 15.6 Å². The Labute approximate surface area is 201 Å².